The summed E-state index contributed by atoms with van der Waals surface area (Å²) in [6, 6.07) is -0.746. The molecule has 0 bridgehead atoms. The van der Waals surface area contributed by atoms with Gasteiger partial charge in [-0.15, -0.1) is 0 Å². The van der Waals surface area contributed by atoms with Crippen LogP contribution in [-0.2, 0) is 19.1 Å². The summed E-state index contributed by atoms with van der Waals surface area (Å²) in [4.78, 5) is 36.7. The fourth-order valence-electron chi connectivity index (χ4n) is 2.19. The fraction of sp³-hybridized carbons (Fsp3) is 0.714. The van der Waals surface area contributed by atoms with E-state index >= 15 is 0 Å². The van der Waals surface area contributed by atoms with E-state index in [0.29, 0.717) is 19.5 Å². The van der Waals surface area contributed by atoms with Gasteiger partial charge in [-0.2, -0.15) is 0 Å². The second-order valence-electron chi connectivity index (χ2n) is 5.09. The number of amides is 2. The van der Waals surface area contributed by atoms with Gasteiger partial charge in [-0.1, -0.05) is 19.8 Å². The van der Waals surface area contributed by atoms with E-state index in [1.165, 1.54) is 7.11 Å². The first-order valence-electron chi connectivity index (χ1n) is 7.44. The molecule has 1 atom stereocenters. The topological polar surface area (TPSA) is 87.7 Å². The number of hydrogen-bond acceptors (Lipinski definition) is 5. The lowest BCUT2D eigenvalue weighted by Gasteiger charge is -2.36. The molecule has 0 aromatic rings. The average Bonchev–Trinajstić information content (AvgIpc) is 2.49. The number of thiocarbonyl (C=S) groups is 1. The molecule has 1 aliphatic rings. The third kappa shape index (κ3) is 5.59. The number of piperazine rings is 1. The largest absolute Gasteiger partial charge is 0.469 e. The highest BCUT2D eigenvalue weighted by molar-refractivity contribution is 7.80. The normalized spacial score (nSPS) is 17.6. The Balaban J connectivity index is 2.61. The third-order valence-corrected chi connectivity index (χ3v) is 3.77. The Labute approximate surface area is 135 Å². The number of hydrogen-bond donors (Lipinski definition) is 2. The van der Waals surface area contributed by atoms with Crippen LogP contribution in [0.4, 0.5) is 0 Å². The monoisotopic (exact) mass is 329 g/mol. The summed E-state index contributed by atoms with van der Waals surface area (Å²) in [6.07, 6.45) is 3.11. The van der Waals surface area contributed by atoms with Gasteiger partial charge in [-0.3, -0.25) is 14.4 Å². The van der Waals surface area contributed by atoms with E-state index in [2.05, 4.69) is 22.3 Å². The van der Waals surface area contributed by atoms with Crippen LogP contribution in [0.1, 0.15) is 39.0 Å². The number of nitrogens with zero attached hydrogens (tertiary/aromatic N) is 1. The van der Waals surface area contributed by atoms with Crippen LogP contribution in [0.3, 0.4) is 0 Å². The summed E-state index contributed by atoms with van der Waals surface area (Å²) in [5, 5.41) is 5.50. The summed E-state index contributed by atoms with van der Waals surface area (Å²) in [6.45, 7) is 2.93. The Hall–Kier alpha value is -1.70. The van der Waals surface area contributed by atoms with Crippen LogP contribution >= 0.6 is 12.2 Å². The molecular formula is C14H23N3O4S. The maximum atomic E-state index is 11.9. The van der Waals surface area contributed by atoms with Crippen molar-refractivity contribution < 1.29 is 19.1 Å². The van der Waals surface area contributed by atoms with Gasteiger partial charge in [0.2, 0.25) is 11.8 Å². The molecule has 7 nitrogen and oxygen atoms in total. The standard InChI is InChI=1S/C14H23N3O4S/c1-3-4-5-6-11(18)16-14(22)17-8-7-15-13(20)10(17)9-12(19)21-2/h10H,3-9H2,1-2H3,(H,15,20)(H,16,18,22). The summed E-state index contributed by atoms with van der Waals surface area (Å²) < 4.78 is 4.60. The molecule has 2 amide bonds. The maximum absolute atomic E-state index is 11.9. The Kier molecular flexibility index (Phi) is 7.79. The summed E-state index contributed by atoms with van der Waals surface area (Å²) in [7, 11) is 1.27. The second-order valence-corrected chi connectivity index (χ2v) is 5.48. The first kappa shape index (κ1) is 18.3. The van der Waals surface area contributed by atoms with Gasteiger partial charge in [0.05, 0.1) is 13.5 Å². The zero-order valence-corrected chi connectivity index (χ0v) is 13.8. The molecule has 1 saturated heterocycles. The Morgan fingerprint density at radius 3 is 2.82 bits per heavy atom. The highest BCUT2D eigenvalue weighted by atomic mass is 32.1. The van der Waals surface area contributed by atoms with E-state index in [1.807, 2.05) is 0 Å². The van der Waals surface area contributed by atoms with Crippen molar-refractivity contribution in [1.82, 2.24) is 15.5 Å². The number of carbonyl (C=O) groups excluding carboxylic acids is 3. The Morgan fingerprint density at radius 1 is 1.45 bits per heavy atom. The van der Waals surface area contributed by atoms with E-state index in [9.17, 15) is 14.4 Å². The SMILES string of the molecule is CCCCCC(=O)NC(=S)N1CCNC(=O)C1CC(=O)OC. The molecule has 1 rings (SSSR count). The number of methoxy groups -OCH3 is 1. The zero-order chi connectivity index (χ0) is 16.5. The predicted molar refractivity (Wildman–Crippen MR) is 85.0 cm³/mol. The van der Waals surface area contributed by atoms with E-state index in [-0.39, 0.29) is 23.3 Å². The number of rotatable bonds is 6. The molecule has 1 unspecified atom stereocenters. The van der Waals surface area contributed by atoms with Crippen molar-refractivity contribution in [3.05, 3.63) is 0 Å². The molecule has 0 radical (unpaired) electrons. The lowest BCUT2D eigenvalue weighted by molar-refractivity contribution is -0.144. The Morgan fingerprint density at radius 2 is 2.18 bits per heavy atom. The molecule has 0 aromatic heterocycles. The van der Waals surface area contributed by atoms with Gasteiger partial charge in [0.25, 0.3) is 0 Å². The minimum atomic E-state index is -0.746. The lowest BCUT2D eigenvalue weighted by Crippen LogP contribution is -2.60. The van der Waals surface area contributed by atoms with Gasteiger partial charge in [0.15, 0.2) is 5.11 Å². The van der Waals surface area contributed by atoms with Crippen molar-refractivity contribution in [1.29, 1.82) is 0 Å². The van der Waals surface area contributed by atoms with E-state index < -0.39 is 12.0 Å². The van der Waals surface area contributed by atoms with Crippen molar-refractivity contribution in [3.8, 4) is 0 Å². The average molecular weight is 329 g/mol. The van der Waals surface area contributed by atoms with Crippen molar-refractivity contribution in [2.24, 2.45) is 0 Å². The van der Waals surface area contributed by atoms with Crippen LogP contribution in [0.15, 0.2) is 0 Å². The minimum absolute atomic E-state index is 0.103. The lowest BCUT2D eigenvalue weighted by atomic mass is 10.1. The van der Waals surface area contributed by atoms with Gasteiger partial charge >= 0.3 is 5.97 Å². The molecule has 0 aromatic carbocycles. The quantitative estimate of drug-likeness (QED) is 0.415. The summed E-state index contributed by atoms with van der Waals surface area (Å²) in [5.41, 5.74) is 0. The van der Waals surface area contributed by atoms with Crippen molar-refractivity contribution >= 4 is 35.1 Å². The van der Waals surface area contributed by atoms with Crippen LogP contribution in [0.2, 0.25) is 0 Å². The van der Waals surface area contributed by atoms with Crippen LogP contribution < -0.4 is 10.6 Å². The summed E-state index contributed by atoms with van der Waals surface area (Å²) >= 11 is 5.21. The smallest absolute Gasteiger partial charge is 0.308 e. The summed E-state index contributed by atoms with van der Waals surface area (Å²) in [5.74, 6) is -0.954. The molecule has 1 fully saturated rings. The molecular weight excluding hydrogens is 306 g/mol. The fourth-order valence-corrected chi connectivity index (χ4v) is 2.52. The van der Waals surface area contributed by atoms with Gasteiger partial charge in [0, 0.05) is 19.5 Å². The van der Waals surface area contributed by atoms with Gasteiger partial charge in [-0.25, -0.2) is 0 Å². The van der Waals surface area contributed by atoms with E-state index in [1.54, 1.807) is 4.90 Å². The number of ether oxygens (including phenoxy) is 1. The third-order valence-electron chi connectivity index (χ3n) is 3.43. The molecule has 124 valence electrons. The highest BCUT2D eigenvalue weighted by Crippen LogP contribution is 2.10. The molecule has 1 aliphatic heterocycles. The highest BCUT2D eigenvalue weighted by Gasteiger charge is 2.33. The van der Waals surface area contributed by atoms with Gasteiger partial charge < -0.3 is 20.3 Å². The molecule has 0 aliphatic carbocycles. The number of nitrogens with one attached hydrogen (secondary N) is 2. The van der Waals surface area contributed by atoms with Crippen molar-refractivity contribution in [2.75, 3.05) is 20.2 Å². The van der Waals surface area contributed by atoms with E-state index in [4.69, 9.17) is 12.2 Å². The predicted octanol–water partition coefficient (Wildman–Crippen LogP) is 0.331. The molecule has 1 heterocycles. The number of esters is 1. The van der Waals surface area contributed by atoms with Crippen molar-refractivity contribution in [3.63, 3.8) is 0 Å². The van der Waals surface area contributed by atoms with Gasteiger partial charge in [0.1, 0.15) is 6.04 Å². The van der Waals surface area contributed by atoms with Crippen LogP contribution in [0.25, 0.3) is 0 Å². The number of unbranched alkanes of at least 4 members (excludes halogenated alkanes) is 2. The first-order valence-corrected chi connectivity index (χ1v) is 7.85. The van der Waals surface area contributed by atoms with Crippen LogP contribution in [-0.4, -0.2) is 54.0 Å². The van der Waals surface area contributed by atoms with Gasteiger partial charge in [-0.05, 0) is 18.6 Å². The maximum Gasteiger partial charge on any atom is 0.308 e. The van der Waals surface area contributed by atoms with Crippen LogP contribution in [0, 0.1) is 0 Å². The number of carbonyl (C=O) groups is 3. The first-order chi connectivity index (χ1) is 10.5. The molecule has 8 heteroatoms. The molecule has 22 heavy (non-hydrogen) atoms. The van der Waals surface area contributed by atoms with Crippen LogP contribution in [0.5, 0.6) is 0 Å². The molecule has 0 saturated carbocycles. The molecule has 0 spiro atoms. The molecule has 2 N–H and O–H groups in total. The zero-order valence-electron chi connectivity index (χ0n) is 13.0. The van der Waals surface area contributed by atoms with E-state index in [0.717, 1.165) is 19.3 Å². The minimum Gasteiger partial charge on any atom is -0.469 e. The Bertz CT molecular complexity index is 442. The second kappa shape index (κ2) is 9.34. The van der Waals surface area contributed by atoms with Crippen molar-refractivity contribution in [2.45, 2.75) is 45.1 Å².